The highest BCUT2D eigenvalue weighted by Gasteiger charge is 2.05. The highest BCUT2D eigenvalue weighted by atomic mass is 79.9. The first-order valence-corrected chi connectivity index (χ1v) is 7.96. The van der Waals surface area contributed by atoms with Crippen LogP contribution in [0.5, 0.6) is 0 Å². The van der Waals surface area contributed by atoms with Crippen molar-refractivity contribution in [1.29, 1.82) is 0 Å². The van der Waals surface area contributed by atoms with Crippen molar-refractivity contribution in [2.75, 3.05) is 13.1 Å². The summed E-state index contributed by atoms with van der Waals surface area (Å²) in [5.74, 6) is 0.550. The van der Waals surface area contributed by atoms with Gasteiger partial charge in [0.2, 0.25) is 0 Å². The lowest BCUT2D eigenvalue weighted by molar-refractivity contribution is 0.609. The molecule has 0 aliphatic rings. The number of halogens is 1. The molecule has 2 aromatic rings. The van der Waals surface area contributed by atoms with Gasteiger partial charge in [0.05, 0.1) is 17.2 Å². The van der Waals surface area contributed by atoms with Crippen LogP contribution in [0.15, 0.2) is 41.1 Å². The molecule has 0 spiro atoms. The monoisotopic (exact) mass is 335 g/mol. The third-order valence-corrected chi connectivity index (χ3v) is 3.78. The summed E-state index contributed by atoms with van der Waals surface area (Å²) >= 11 is 3.42. The van der Waals surface area contributed by atoms with E-state index in [2.05, 4.69) is 64.5 Å². The second-order valence-corrected chi connectivity index (χ2v) is 6.12. The molecule has 0 amide bonds. The van der Waals surface area contributed by atoms with Crippen molar-refractivity contribution in [3.8, 4) is 0 Å². The second-order valence-electron chi connectivity index (χ2n) is 5.20. The Labute approximate surface area is 129 Å². The van der Waals surface area contributed by atoms with Crippen molar-refractivity contribution in [2.24, 2.45) is 0 Å². The van der Waals surface area contributed by atoms with Crippen molar-refractivity contribution in [3.05, 3.63) is 52.3 Å². The molecule has 0 saturated heterocycles. The van der Waals surface area contributed by atoms with E-state index in [4.69, 9.17) is 0 Å². The lowest BCUT2D eigenvalue weighted by atomic mass is 10.00. The molecule has 0 fully saturated rings. The molecule has 4 heteroatoms. The summed E-state index contributed by atoms with van der Waals surface area (Å²) < 4.78 is 2.95. The molecule has 1 unspecified atom stereocenters. The van der Waals surface area contributed by atoms with Crippen molar-refractivity contribution >= 4 is 15.9 Å². The molecule has 1 heterocycles. The summed E-state index contributed by atoms with van der Waals surface area (Å²) in [6.45, 7) is 7.41. The van der Waals surface area contributed by atoms with Crippen LogP contribution in [-0.4, -0.2) is 22.9 Å². The van der Waals surface area contributed by atoms with Crippen molar-refractivity contribution in [3.63, 3.8) is 0 Å². The molecule has 0 bridgehead atoms. The average Bonchev–Trinajstić information content (AvgIpc) is 2.85. The van der Waals surface area contributed by atoms with E-state index in [0.717, 1.165) is 24.1 Å². The second kappa shape index (κ2) is 7.60. The van der Waals surface area contributed by atoms with Gasteiger partial charge in [0.25, 0.3) is 0 Å². The minimum absolute atomic E-state index is 0.550. The molecular weight excluding hydrogens is 314 g/mol. The fourth-order valence-electron chi connectivity index (χ4n) is 2.18. The Kier molecular flexibility index (Phi) is 5.80. The predicted molar refractivity (Wildman–Crippen MR) is 87.0 cm³/mol. The highest BCUT2D eigenvalue weighted by molar-refractivity contribution is 9.10. The largest absolute Gasteiger partial charge is 0.316 e. The van der Waals surface area contributed by atoms with Crippen LogP contribution < -0.4 is 5.32 Å². The zero-order valence-corrected chi connectivity index (χ0v) is 13.7. The quantitative estimate of drug-likeness (QED) is 0.780. The van der Waals surface area contributed by atoms with E-state index in [1.807, 2.05) is 17.1 Å². The van der Waals surface area contributed by atoms with Gasteiger partial charge in [-0.2, -0.15) is 5.10 Å². The molecule has 3 nitrogen and oxygen atoms in total. The smallest absolute Gasteiger partial charge is 0.0659 e. The Hall–Kier alpha value is -1.13. The standard InChI is InChI=1S/C16H22BrN3/c1-3-8-18-9-13(2)15-6-4-14(5-7-15)11-20-12-16(17)10-19-20/h4-7,10,12-13,18H,3,8-9,11H2,1-2H3. The van der Waals surface area contributed by atoms with Crippen LogP contribution in [0.4, 0.5) is 0 Å². The van der Waals surface area contributed by atoms with E-state index in [-0.39, 0.29) is 0 Å². The van der Waals surface area contributed by atoms with Gasteiger partial charge in [-0.15, -0.1) is 0 Å². The highest BCUT2D eigenvalue weighted by Crippen LogP contribution is 2.16. The van der Waals surface area contributed by atoms with Crippen LogP contribution in [0.3, 0.4) is 0 Å². The van der Waals surface area contributed by atoms with Gasteiger partial charge in [-0.05, 0) is 45.9 Å². The van der Waals surface area contributed by atoms with Crippen LogP contribution in [0.1, 0.15) is 37.3 Å². The molecule has 1 aromatic carbocycles. The van der Waals surface area contributed by atoms with E-state index in [0.29, 0.717) is 5.92 Å². The Morgan fingerprint density at radius 2 is 2.05 bits per heavy atom. The van der Waals surface area contributed by atoms with Gasteiger partial charge in [-0.25, -0.2) is 0 Å². The van der Waals surface area contributed by atoms with Crippen molar-refractivity contribution in [1.82, 2.24) is 15.1 Å². The van der Waals surface area contributed by atoms with Crippen LogP contribution in [0.25, 0.3) is 0 Å². The summed E-state index contributed by atoms with van der Waals surface area (Å²) in [6.07, 6.45) is 4.99. The molecule has 1 atom stereocenters. The predicted octanol–water partition coefficient (Wildman–Crippen LogP) is 3.80. The lowest BCUT2D eigenvalue weighted by Gasteiger charge is -2.13. The SMILES string of the molecule is CCCNCC(C)c1ccc(Cn2cc(Br)cn2)cc1. The van der Waals surface area contributed by atoms with Gasteiger partial charge in [0.15, 0.2) is 0 Å². The number of hydrogen-bond acceptors (Lipinski definition) is 2. The van der Waals surface area contributed by atoms with Crippen LogP contribution in [0, 0.1) is 0 Å². The molecular formula is C16H22BrN3. The number of benzene rings is 1. The van der Waals surface area contributed by atoms with Crippen molar-refractivity contribution < 1.29 is 0 Å². The van der Waals surface area contributed by atoms with E-state index < -0.39 is 0 Å². The zero-order chi connectivity index (χ0) is 14.4. The fourth-order valence-corrected chi connectivity index (χ4v) is 2.50. The van der Waals surface area contributed by atoms with Crippen molar-refractivity contribution in [2.45, 2.75) is 32.7 Å². The summed E-state index contributed by atoms with van der Waals surface area (Å²) in [7, 11) is 0. The number of aromatic nitrogens is 2. The van der Waals surface area contributed by atoms with Gasteiger partial charge >= 0.3 is 0 Å². The molecule has 0 aliphatic carbocycles. The lowest BCUT2D eigenvalue weighted by Crippen LogP contribution is -2.20. The summed E-state index contributed by atoms with van der Waals surface area (Å²) in [5.41, 5.74) is 2.66. The third kappa shape index (κ3) is 4.46. The first kappa shape index (κ1) is 15.3. The van der Waals surface area contributed by atoms with Gasteiger partial charge in [0, 0.05) is 12.7 Å². The topological polar surface area (TPSA) is 29.9 Å². The molecule has 1 aromatic heterocycles. The molecule has 2 rings (SSSR count). The van der Waals surface area contributed by atoms with Gasteiger partial charge in [-0.3, -0.25) is 4.68 Å². The normalized spacial score (nSPS) is 12.6. The molecule has 1 N–H and O–H groups in total. The molecule has 0 radical (unpaired) electrons. The zero-order valence-electron chi connectivity index (χ0n) is 12.1. The van der Waals surface area contributed by atoms with Gasteiger partial charge in [0.1, 0.15) is 0 Å². The molecule has 108 valence electrons. The number of rotatable bonds is 7. The number of nitrogens with zero attached hydrogens (tertiary/aromatic N) is 2. The molecule has 20 heavy (non-hydrogen) atoms. The molecule has 0 aliphatic heterocycles. The minimum Gasteiger partial charge on any atom is -0.316 e. The Bertz CT molecular complexity index is 519. The Morgan fingerprint density at radius 1 is 1.30 bits per heavy atom. The maximum Gasteiger partial charge on any atom is 0.0659 e. The van der Waals surface area contributed by atoms with E-state index in [1.165, 1.54) is 17.5 Å². The maximum absolute atomic E-state index is 4.28. The minimum atomic E-state index is 0.550. The first-order valence-electron chi connectivity index (χ1n) is 7.16. The van der Waals surface area contributed by atoms with E-state index >= 15 is 0 Å². The summed E-state index contributed by atoms with van der Waals surface area (Å²) in [5, 5.41) is 7.75. The maximum atomic E-state index is 4.28. The average molecular weight is 336 g/mol. The van der Waals surface area contributed by atoms with Crippen LogP contribution in [-0.2, 0) is 6.54 Å². The fraction of sp³-hybridized carbons (Fsp3) is 0.438. The van der Waals surface area contributed by atoms with Gasteiger partial charge in [-0.1, -0.05) is 38.1 Å². The van der Waals surface area contributed by atoms with E-state index in [9.17, 15) is 0 Å². The summed E-state index contributed by atoms with van der Waals surface area (Å²) in [4.78, 5) is 0. The Morgan fingerprint density at radius 3 is 2.65 bits per heavy atom. The molecule has 0 saturated carbocycles. The third-order valence-electron chi connectivity index (χ3n) is 3.37. The van der Waals surface area contributed by atoms with Crippen LogP contribution >= 0.6 is 15.9 Å². The summed E-state index contributed by atoms with van der Waals surface area (Å²) in [6, 6.07) is 8.85. The van der Waals surface area contributed by atoms with Crippen LogP contribution in [0.2, 0.25) is 0 Å². The Balaban J connectivity index is 1.92. The van der Waals surface area contributed by atoms with E-state index in [1.54, 1.807) is 0 Å². The van der Waals surface area contributed by atoms with Gasteiger partial charge < -0.3 is 5.32 Å². The number of nitrogens with one attached hydrogen (secondary N) is 1. The first-order chi connectivity index (χ1) is 9.69. The number of hydrogen-bond donors (Lipinski definition) is 1.